The van der Waals surface area contributed by atoms with Crippen molar-refractivity contribution in [3.63, 3.8) is 0 Å². The van der Waals surface area contributed by atoms with Crippen LogP contribution in [0.4, 0.5) is 17.6 Å². The smallest absolute Gasteiger partial charge is 0.241 e. The van der Waals surface area contributed by atoms with Crippen LogP contribution in [0.2, 0.25) is 0 Å². The van der Waals surface area contributed by atoms with E-state index < -0.39 is 25.2 Å². The van der Waals surface area contributed by atoms with E-state index in [9.17, 15) is 17.6 Å². The standard InChI is InChI=1S/C6H8F4/c1-2-4(7)5(8)3-6(9)10/h2,4-6H,1,3H2. The highest BCUT2D eigenvalue weighted by Crippen LogP contribution is 2.13. The maximum absolute atomic E-state index is 12.1. The van der Waals surface area contributed by atoms with Gasteiger partial charge in [0.25, 0.3) is 0 Å². The second-order valence-electron chi connectivity index (χ2n) is 1.82. The van der Waals surface area contributed by atoms with Crippen LogP contribution >= 0.6 is 0 Å². The second kappa shape index (κ2) is 4.30. The SMILES string of the molecule is C=CC(F)C(F)CC(F)F. The molecule has 0 saturated heterocycles. The summed E-state index contributed by atoms with van der Waals surface area (Å²) in [6.07, 6.45) is -7.29. The van der Waals surface area contributed by atoms with E-state index in [1.807, 2.05) is 0 Å². The molecule has 0 aliphatic rings. The van der Waals surface area contributed by atoms with Gasteiger partial charge in [-0.3, -0.25) is 0 Å². The third-order valence-electron chi connectivity index (χ3n) is 0.974. The Morgan fingerprint density at radius 3 is 2.00 bits per heavy atom. The fourth-order valence-corrected chi connectivity index (χ4v) is 0.448. The summed E-state index contributed by atoms with van der Waals surface area (Å²) in [5, 5.41) is 0. The molecule has 2 atom stereocenters. The van der Waals surface area contributed by atoms with Gasteiger partial charge in [0, 0.05) is 6.42 Å². The summed E-state index contributed by atoms with van der Waals surface area (Å²) in [5.41, 5.74) is 0. The summed E-state index contributed by atoms with van der Waals surface area (Å²) in [4.78, 5) is 0. The van der Waals surface area contributed by atoms with E-state index in [0.29, 0.717) is 6.08 Å². The zero-order valence-electron chi connectivity index (χ0n) is 5.24. The van der Waals surface area contributed by atoms with Gasteiger partial charge in [0.1, 0.15) is 12.3 Å². The molecule has 0 heterocycles. The van der Waals surface area contributed by atoms with Crippen LogP contribution < -0.4 is 0 Å². The maximum Gasteiger partial charge on any atom is 0.241 e. The molecule has 10 heavy (non-hydrogen) atoms. The Kier molecular flexibility index (Phi) is 4.07. The summed E-state index contributed by atoms with van der Waals surface area (Å²) in [6, 6.07) is 0. The lowest BCUT2D eigenvalue weighted by Gasteiger charge is -2.07. The summed E-state index contributed by atoms with van der Waals surface area (Å²) in [6.45, 7) is 2.93. The van der Waals surface area contributed by atoms with Crippen LogP contribution in [-0.2, 0) is 0 Å². The third kappa shape index (κ3) is 3.48. The minimum atomic E-state index is -2.80. The average molecular weight is 156 g/mol. The van der Waals surface area contributed by atoms with Gasteiger partial charge in [-0.25, -0.2) is 17.6 Å². The minimum absolute atomic E-state index is 0.674. The highest BCUT2D eigenvalue weighted by molar-refractivity contribution is 4.85. The summed E-state index contributed by atoms with van der Waals surface area (Å²) in [7, 11) is 0. The summed E-state index contributed by atoms with van der Waals surface area (Å²) < 4.78 is 46.9. The monoisotopic (exact) mass is 156 g/mol. The van der Waals surface area contributed by atoms with E-state index in [4.69, 9.17) is 0 Å². The molecule has 0 aromatic heterocycles. The summed E-state index contributed by atoms with van der Waals surface area (Å²) in [5.74, 6) is 0. The molecular weight excluding hydrogens is 148 g/mol. The molecule has 0 nitrogen and oxygen atoms in total. The van der Waals surface area contributed by atoms with Crippen LogP contribution in [0.1, 0.15) is 6.42 Å². The van der Waals surface area contributed by atoms with Crippen molar-refractivity contribution in [2.75, 3.05) is 0 Å². The molecule has 0 saturated carbocycles. The first kappa shape index (κ1) is 9.46. The Hall–Kier alpha value is -0.540. The Morgan fingerprint density at radius 2 is 1.70 bits per heavy atom. The van der Waals surface area contributed by atoms with E-state index >= 15 is 0 Å². The lowest BCUT2D eigenvalue weighted by atomic mass is 10.2. The summed E-state index contributed by atoms with van der Waals surface area (Å²) >= 11 is 0. The Labute approximate surface area is 56.5 Å². The van der Waals surface area contributed by atoms with Crippen LogP contribution in [0, 0.1) is 0 Å². The molecule has 0 N–H and O–H groups in total. The molecule has 60 valence electrons. The van der Waals surface area contributed by atoms with Gasteiger partial charge in [-0.05, 0) is 0 Å². The van der Waals surface area contributed by atoms with Gasteiger partial charge in [-0.1, -0.05) is 6.08 Å². The Balaban J connectivity index is 3.60. The number of hydrogen-bond acceptors (Lipinski definition) is 0. The normalized spacial score (nSPS) is 16.9. The lowest BCUT2D eigenvalue weighted by molar-refractivity contribution is 0.0766. The molecule has 0 aromatic carbocycles. The molecule has 0 rings (SSSR count). The van der Waals surface area contributed by atoms with E-state index in [0.717, 1.165) is 0 Å². The Bertz CT molecular complexity index is 102. The van der Waals surface area contributed by atoms with Crippen molar-refractivity contribution in [2.24, 2.45) is 0 Å². The molecule has 2 unspecified atom stereocenters. The number of rotatable bonds is 4. The zero-order valence-corrected chi connectivity index (χ0v) is 5.24. The van der Waals surface area contributed by atoms with Gasteiger partial charge in [0.2, 0.25) is 6.43 Å². The van der Waals surface area contributed by atoms with Crippen molar-refractivity contribution in [3.05, 3.63) is 12.7 Å². The number of hydrogen-bond donors (Lipinski definition) is 0. The first-order valence-electron chi connectivity index (χ1n) is 2.76. The zero-order chi connectivity index (χ0) is 8.15. The quantitative estimate of drug-likeness (QED) is 0.433. The van der Waals surface area contributed by atoms with Crippen molar-refractivity contribution in [3.8, 4) is 0 Å². The van der Waals surface area contributed by atoms with E-state index in [1.165, 1.54) is 0 Å². The van der Waals surface area contributed by atoms with Crippen molar-refractivity contribution < 1.29 is 17.6 Å². The van der Waals surface area contributed by atoms with Crippen LogP contribution in [0.5, 0.6) is 0 Å². The fourth-order valence-electron chi connectivity index (χ4n) is 0.448. The van der Waals surface area contributed by atoms with Crippen molar-refractivity contribution in [1.29, 1.82) is 0 Å². The predicted molar refractivity (Wildman–Crippen MR) is 30.6 cm³/mol. The molecule has 4 heteroatoms. The van der Waals surface area contributed by atoms with Crippen molar-refractivity contribution in [1.82, 2.24) is 0 Å². The third-order valence-corrected chi connectivity index (χ3v) is 0.974. The molecule has 0 aromatic rings. The maximum atomic E-state index is 12.1. The van der Waals surface area contributed by atoms with E-state index in [-0.39, 0.29) is 0 Å². The molecule has 0 spiro atoms. The second-order valence-corrected chi connectivity index (χ2v) is 1.82. The Morgan fingerprint density at radius 1 is 1.20 bits per heavy atom. The molecule has 0 radical (unpaired) electrons. The highest BCUT2D eigenvalue weighted by Gasteiger charge is 2.21. The molecule has 0 aliphatic heterocycles. The van der Waals surface area contributed by atoms with Crippen LogP contribution in [0.3, 0.4) is 0 Å². The van der Waals surface area contributed by atoms with Crippen LogP contribution in [0.25, 0.3) is 0 Å². The number of halogens is 4. The first-order chi connectivity index (χ1) is 4.57. The van der Waals surface area contributed by atoms with Crippen molar-refractivity contribution in [2.45, 2.75) is 25.2 Å². The average Bonchev–Trinajstić information content (AvgIpc) is 1.85. The first-order valence-corrected chi connectivity index (χ1v) is 2.76. The number of allylic oxidation sites excluding steroid dienone is 1. The molecule has 0 fully saturated rings. The van der Waals surface area contributed by atoms with Gasteiger partial charge in [-0.15, -0.1) is 6.58 Å². The molecule has 0 aliphatic carbocycles. The minimum Gasteiger partial charge on any atom is -0.244 e. The van der Waals surface area contributed by atoms with Gasteiger partial charge < -0.3 is 0 Å². The lowest BCUT2D eigenvalue weighted by Crippen LogP contribution is -2.17. The van der Waals surface area contributed by atoms with Gasteiger partial charge in [0.05, 0.1) is 0 Å². The van der Waals surface area contributed by atoms with E-state index in [1.54, 1.807) is 0 Å². The topological polar surface area (TPSA) is 0 Å². The molecule has 0 amide bonds. The van der Waals surface area contributed by atoms with Gasteiger partial charge in [-0.2, -0.15) is 0 Å². The fraction of sp³-hybridized carbons (Fsp3) is 0.667. The molecule has 0 bridgehead atoms. The highest BCUT2D eigenvalue weighted by atomic mass is 19.3. The predicted octanol–water partition coefficient (Wildman–Crippen LogP) is 2.50. The largest absolute Gasteiger partial charge is 0.244 e. The van der Waals surface area contributed by atoms with Crippen LogP contribution in [0.15, 0.2) is 12.7 Å². The van der Waals surface area contributed by atoms with Gasteiger partial charge in [0.15, 0.2) is 0 Å². The van der Waals surface area contributed by atoms with Crippen LogP contribution in [-0.4, -0.2) is 18.8 Å². The van der Waals surface area contributed by atoms with Gasteiger partial charge >= 0.3 is 0 Å². The van der Waals surface area contributed by atoms with Crippen molar-refractivity contribution >= 4 is 0 Å². The number of alkyl halides is 4. The molecular formula is C6H8F4. The van der Waals surface area contributed by atoms with E-state index in [2.05, 4.69) is 6.58 Å².